The molecular formula is C27H28N4O5. The maximum Gasteiger partial charge on any atom is 0.247 e. The summed E-state index contributed by atoms with van der Waals surface area (Å²) in [5, 5.41) is 6.90. The van der Waals surface area contributed by atoms with E-state index >= 15 is 0 Å². The fraction of sp³-hybridized carbons (Fsp3) is 0.222. The van der Waals surface area contributed by atoms with Gasteiger partial charge in [-0.25, -0.2) is 0 Å². The average Bonchev–Trinajstić information content (AvgIpc) is 3.58. The van der Waals surface area contributed by atoms with Gasteiger partial charge in [-0.2, -0.15) is 0 Å². The summed E-state index contributed by atoms with van der Waals surface area (Å²) in [6.45, 7) is 5.72. The number of nitrogens with one attached hydrogen (secondary N) is 1. The number of rotatable bonds is 9. The van der Waals surface area contributed by atoms with E-state index in [4.69, 9.17) is 13.7 Å². The second-order valence-corrected chi connectivity index (χ2v) is 8.31. The van der Waals surface area contributed by atoms with Crippen LogP contribution in [0.1, 0.15) is 28.5 Å². The number of nitrogens with zero attached hydrogens (tertiary/aromatic N) is 3. The molecule has 4 aromatic rings. The lowest BCUT2D eigenvalue weighted by molar-refractivity contribution is -0.131. The van der Waals surface area contributed by atoms with E-state index in [9.17, 15) is 9.59 Å². The van der Waals surface area contributed by atoms with E-state index in [2.05, 4.69) is 10.5 Å². The number of hydrogen-bond donors (Lipinski definition) is 1. The molecule has 0 fully saturated rings. The number of aromatic nitrogens is 2. The summed E-state index contributed by atoms with van der Waals surface area (Å²) < 4.78 is 17.9. The molecular weight excluding hydrogens is 460 g/mol. The molecule has 0 saturated carbocycles. The first-order valence-corrected chi connectivity index (χ1v) is 11.4. The van der Waals surface area contributed by atoms with Crippen molar-refractivity contribution in [1.82, 2.24) is 14.6 Å². The lowest BCUT2D eigenvalue weighted by atomic mass is 10.2. The SMILES string of the molecule is COc1ccccc1NC(=O)CN(Cc1ccco1)C(=O)C=Cc1cc(C)n(-c2cc(C)on2)c1C. The lowest BCUT2D eigenvalue weighted by Crippen LogP contribution is -2.36. The highest BCUT2D eigenvalue weighted by atomic mass is 16.5. The molecule has 0 aliphatic heterocycles. The van der Waals surface area contributed by atoms with E-state index in [0.717, 1.165) is 17.0 Å². The number of furan rings is 1. The Morgan fingerprint density at radius 3 is 2.64 bits per heavy atom. The van der Waals surface area contributed by atoms with Gasteiger partial charge in [-0.1, -0.05) is 17.3 Å². The van der Waals surface area contributed by atoms with Gasteiger partial charge >= 0.3 is 0 Å². The average molecular weight is 489 g/mol. The third-order valence-electron chi connectivity index (χ3n) is 5.67. The molecule has 1 aromatic carbocycles. The van der Waals surface area contributed by atoms with Gasteiger partial charge < -0.3 is 23.9 Å². The molecule has 2 amide bonds. The van der Waals surface area contributed by atoms with Gasteiger partial charge in [-0.05, 0) is 62.7 Å². The second-order valence-electron chi connectivity index (χ2n) is 8.31. The van der Waals surface area contributed by atoms with Gasteiger partial charge in [-0.15, -0.1) is 0 Å². The highest BCUT2D eigenvalue weighted by Crippen LogP contribution is 2.24. The van der Waals surface area contributed by atoms with Crippen molar-refractivity contribution in [2.24, 2.45) is 0 Å². The van der Waals surface area contributed by atoms with Crippen LogP contribution >= 0.6 is 0 Å². The predicted octanol–water partition coefficient (Wildman–Crippen LogP) is 4.67. The molecule has 4 rings (SSSR count). The standard InChI is InChI=1S/C27H28N4O5/c1-18-14-21(20(3)31(18)25-15-19(2)36-29-25)11-12-27(33)30(16-22-8-7-13-35-22)17-26(32)28-23-9-5-6-10-24(23)34-4/h5-15H,16-17H2,1-4H3,(H,28,32). The minimum absolute atomic E-state index is 0.146. The van der Waals surface area contributed by atoms with Crippen molar-refractivity contribution in [3.63, 3.8) is 0 Å². The fourth-order valence-electron chi connectivity index (χ4n) is 3.95. The Morgan fingerprint density at radius 2 is 1.94 bits per heavy atom. The Bertz CT molecular complexity index is 1380. The van der Waals surface area contributed by atoms with Crippen molar-refractivity contribution in [3.8, 4) is 11.6 Å². The van der Waals surface area contributed by atoms with Crippen LogP contribution in [-0.2, 0) is 16.1 Å². The van der Waals surface area contributed by atoms with Crippen LogP contribution in [0.25, 0.3) is 11.9 Å². The molecule has 0 bridgehead atoms. The zero-order valence-corrected chi connectivity index (χ0v) is 20.6. The number of amides is 2. The van der Waals surface area contributed by atoms with Crippen LogP contribution < -0.4 is 10.1 Å². The van der Waals surface area contributed by atoms with Crippen molar-refractivity contribution in [1.29, 1.82) is 0 Å². The molecule has 3 aromatic heterocycles. The van der Waals surface area contributed by atoms with E-state index in [0.29, 0.717) is 28.8 Å². The lowest BCUT2D eigenvalue weighted by Gasteiger charge is -2.20. The first kappa shape index (κ1) is 24.6. The van der Waals surface area contributed by atoms with Gasteiger partial charge in [-0.3, -0.25) is 14.2 Å². The van der Waals surface area contributed by atoms with Crippen molar-refractivity contribution < 1.29 is 23.3 Å². The zero-order chi connectivity index (χ0) is 25.7. The Kier molecular flexibility index (Phi) is 7.39. The first-order chi connectivity index (χ1) is 17.4. The van der Waals surface area contributed by atoms with Crippen molar-refractivity contribution in [3.05, 3.63) is 89.3 Å². The smallest absolute Gasteiger partial charge is 0.247 e. The number of ether oxygens (including phenoxy) is 1. The molecule has 0 aliphatic carbocycles. The number of methoxy groups -OCH3 is 1. The van der Waals surface area contributed by atoms with Crippen LogP contribution in [0.3, 0.4) is 0 Å². The van der Waals surface area contributed by atoms with E-state index in [-0.39, 0.29) is 24.9 Å². The minimum Gasteiger partial charge on any atom is -0.495 e. The minimum atomic E-state index is -0.354. The number of para-hydroxylation sites is 2. The predicted molar refractivity (Wildman–Crippen MR) is 135 cm³/mol. The molecule has 0 saturated heterocycles. The third-order valence-corrected chi connectivity index (χ3v) is 5.67. The number of hydrogen-bond acceptors (Lipinski definition) is 6. The maximum atomic E-state index is 13.2. The van der Waals surface area contributed by atoms with E-state index < -0.39 is 0 Å². The Hall–Kier alpha value is -4.53. The fourth-order valence-corrected chi connectivity index (χ4v) is 3.95. The maximum absolute atomic E-state index is 13.2. The normalized spacial score (nSPS) is 11.1. The molecule has 0 spiro atoms. The quantitative estimate of drug-likeness (QED) is 0.344. The molecule has 9 nitrogen and oxygen atoms in total. The Balaban J connectivity index is 1.52. The molecule has 0 unspecified atom stereocenters. The molecule has 1 N–H and O–H groups in total. The summed E-state index contributed by atoms with van der Waals surface area (Å²) >= 11 is 0. The monoisotopic (exact) mass is 488 g/mol. The van der Waals surface area contributed by atoms with Crippen LogP contribution in [0.15, 0.2) is 69.8 Å². The van der Waals surface area contributed by atoms with Gasteiger partial charge in [0, 0.05) is 23.5 Å². The summed E-state index contributed by atoms with van der Waals surface area (Å²) in [4.78, 5) is 27.4. The molecule has 36 heavy (non-hydrogen) atoms. The second kappa shape index (κ2) is 10.8. The molecule has 186 valence electrons. The summed E-state index contributed by atoms with van der Waals surface area (Å²) in [6.07, 6.45) is 4.73. The van der Waals surface area contributed by atoms with E-state index in [1.54, 1.807) is 36.4 Å². The van der Waals surface area contributed by atoms with Gasteiger partial charge in [0.15, 0.2) is 5.82 Å². The third kappa shape index (κ3) is 5.57. The largest absolute Gasteiger partial charge is 0.495 e. The summed E-state index contributed by atoms with van der Waals surface area (Å²) in [5.74, 6) is 1.82. The summed E-state index contributed by atoms with van der Waals surface area (Å²) in [7, 11) is 1.53. The topological polar surface area (TPSA) is 103 Å². The van der Waals surface area contributed by atoms with Crippen LogP contribution in [0, 0.1) is 20.8 Å². The van der Waals surface area contributed by atoms with Crippen LogP contribution in [0.2, 0.25) is 0 Å². The number of anilines is 1. The number of carbonyl (C=O) groups excluding carboxylic acids is 2. The Labute approximate surface area is 208 Å². The summed E-state index contributed by atoms with van der Waals surface area (Å²) in [5.41, 5.74) is 3.26. The van der Waals surface area contributed by atoms with Crippen molar-refractivity contribution >= 4 is 23.6 Å². The van der Waals surface area contributed by atoms with Gasteiger partial charge in [0.05, 0.1) is 25.6 Å². The molecule has 9 heteroatoms. The Morgan fingerprint density at radius 1 is 1.14 bits per heavy atom. The molecule has 0 atom stereocenters. The molecule has 0 radical (unpaired) electrons. The van der Waals surface area contributed by atoms with Crippen molar-refractivity contribution in [2.45, 2.75) is 27.3 Å². The zero-order valence-electron chi connectivity index (χ0n) is 20.6. The first-order valence-electron chi connectivity index (χ1n) is 11.4. The van der Waals surface area contributed by atoms with Crippen molar-refractivity contribution in [2.75, 3.05) is 19.0 Å². The van der Waals surface area contributed by atoms with Gasteiger partial charge in [0.1, 0.15) is 23.8 Å². The highest BCUT2D eigenvalue weighted by molar-refractivity contribution is 5.98. The van der Waals surface area contributed by atoms with Gasteiger partial charge in [0.2, 0.25) is 11.8 Å². The van der Waals surface area contributed by atoms with Crippen LogP contribution in [0.4, 0.5) is 5.69 Å². The van der Waals surface area contributed by atoms with E-state index in [1.165, 1.54) is 24.3 Å². The molecule has 3 heterocycles. The van der Waals surface area contributed by atoms with Gasteiger partial charge in [0.25, 0.3) is 0 Å². The summed E-state index contributed by atoms with van der Waals surface area (Å²) in [6, 6.07) is 14.4. The number of benzene rings is 1. The van der Waals surface area contributed by atoms with Crippen LogP contribution in [-0.4, -0.2) is 40.1 Å². The number of carbonyl (C=O) groups is 2. The van der Waals surface area contributed by atoms with Crippen LogP contribution in [0.5, 0.6) is 5.75 Å². The highest BCUT2D eigenvalue weighted by Gasteiger charge is 2.19. The number of aryl methyl sites for hydroxylation is 2. The van der Waals surface area contributed by atoms with E-state index in [1.807, 2.05) is 43.5 Å². The molecule has 0 aliphatic rings.